The Labute approximate surface area is 187 Å². The first-order valence-corrected chi connectivity index (χ1v) is 12.4. The average molecular weight is 449 g/mol. The molecule has 0 aliphatic carbocycles. The first-order chi connectivity index (χ1) is 15.3. The van der Waals surface area contributed by atoms with Gasteiger partial charge in [-0.15, -0.1) is 0 Å². The summed E-state index contributed by atoms with van der Waals surface area (Å²) >= 11 is 0. The predicted octanol–water partition coefficient (Wildman–Crippen LogP) is 3.58. The molecule has 0 unspecified atom stereocenters. The normalized spacial score (nSPS) is 13.7. The number of aromatic nitrogens is 3. The van der Waals surface area contributed by atoms with Crippen molar-refractivity contribution in [2.45, 2.75) is 13.0 Å². The number of hydrogen-bond acceptors (Lipinski definition) is 9. The van der Waals surface area contributed by atoms with Gasteiger partial charge in [-0.05, 0) is 42.8 Å². The van der Waals surface area contributed by atoms with Gasteiger partial charge in [0.25, 0.3) is 0 Å². The average Bonchev–Trinajstić information content (AvgIpc) is 2.73. The van der Waals surface area contributed by atoms with Gasteiger partial charge in [0.1, 0.15) is 11.6 Å². The van der Waals surface area contributed by atoms with Crippen molar-refractivity contribution in [1.29, 1.82) is 5.26 Å². The van der Waals surface area contributed by atoms with Crippen molar-refractivity contribution in [3.8, 4) is 6.07 Å². The molecule has 4 rings (SSSR count). The molecule has 0 fully saturated rings. The molecule has 3 heterocycles. The van der Waals surface area contributed by atoms with Gasteiger partial charge in [-0.25, -0.2) is 14.2 Å². The zero-order valence-corrected chi connectivity index (χ0v) is 19.0. The monoisotopic (exact) mass is 448 g/mol. The van der Waals surface area contributed by atoms with E-state index in [-0.39, 0.29) is 0 Å². The molecule has 0 spiro atoms. The van der Waals surface area contributed by atoms with E-state index in [0.29, 0.717) is 28.8 Å². The Kier molecular flexibility index (Phi) is 6.03. The number of hydrogen-bond donors (Lipinski definition) is 2. The molecular formula is C22H24N8OS. The van der Waals surface area contributed by atoms with Crippen LogP contribution in [0.15, 0.2) is 47.1 Å². The van der Waals surface area contributed by atoms with Crippen LogP contribution in [-0.4, -0.2) is 50.2 Å². The van der Waals surface area contributed by atoms with Crippen LogP contribution in [-0.2, 0) is 22.7 Å². The fourth-order valence-corrected chi connectivity index (χ4v) is 3.98. The van der Waals surface area contributed by atoms with E-state index in [0.717, 1.165) is 25.2 Å². The van der Waals surface area contributed by atoms with Crippen LogP contribution in [0.3, 0.4) is 0 Å². The van der Waals surface area contributed by atoms with Gasteiger partial charge in [0, 0.05) is 59.0 Å². The number of nitrogens with zero attached hydrogens (tertiary/aromatic N) is 6. The standard InChI is InChI=1S/C22H24N8OS/c1-30-9-7-15-4-5-18(10-16(15)14-30)27-22-25-13-17(12-23)21(28-22)26-19-6-8-24-20(11-19)29-32(2,3)31/h4-6,8,10-11,13H,7,9,14H2,1-3H3,(H2,24,25,26,27,28). The molecule has 1 aromatic carbocycles. The van der Waals surface area contributed by atoms with E-state index in [1.165, 1.54) is 17.3 Å². The van der Waals surface area contributed by atoms with Gasteiger partial charge in [-0.1, -0.05) is 6.07 Å². The van der Waals surface area contributed by atoms with Gasteiger partial charge in [0.2, 0.25) is 5.95 Å². The number of benzene rings is 1. The first kappa shape index (κ1) is 21.7. The van der Waals surface area contributed by atoms with Crippen LogP contribution in [0.25, 0.3) is 0 Å². The number of anilines is 4. The van der Waals surface area contributed by atoms with E-state index in [2.05, 4.69) is 60.1 Å². The van der Waals surface area contributed by atoms with E-state index < -0.39 is 9.73 Å². The summed E-state index contributed by atoms with van der Waals surface area (Å²) in [4.78, 5) is 15.2. The summed E-state index contributed by atoms with van der Waals surface area (Å²) in [5.41, 5.74) is 4.46. The number of rotatable bonds is 5. The topological polar surface area (TPSA) is 119 Å². The van der Waals surface area contributed by atoms with Gasteiger partial charge in [0.05, 0.1) is 6.20 Å². The van der Waals surface area contributed by atoms with Gasteiger partial charge < -0.3 is 15.5 Å². The molecule has 164 valence electrons. The summed E-state index contributed by atoms with van der Waals surface area (Å²) in [5, 5.41) is 15.8. The van der Waals surface area contributed by atoms with Crippen molar-refractivity contribution in [2.75, 3.05) is 36.7 Å². The molecule has 3 aromatic rings. The van der Waals surface area contributed by atoms with Crippen molar-refractivity contribution >= 4 is 38.7 Å². The highest BCUT2D eigenvalue weighted by Gasteiger charge is 2.14. The van der Waals surface area contributed by atoms with Gasteiger partial charge in [-0.3, -0.25) is 0 Å². The molecule has 1 aliphatic rings. The Morgan fingerprint density at radius 2 is 1.94 bits per heavy atom. The van der Waals surface area contributed by atoms with Gasteiger partial charge in [0.15, 0.2) is 11.6 Å². The summed E-state index contributed by atoms with van der Waals surface area (Å²) < 4.78 is 16.1. The number of likely N-dealkylation sites (N-methyl/N-ethyl adjacent to an activating group) is 1. The van der Waals surface area contributed by atoms with Crippen LogP contribution in [0.4, 0.5) is 29.0 Å². The lowest BCUT2D eigenvalue weighted by Crippen LogP contribution is -2.26. The van der Waals surface area contributed by atoms with Crippen molar-refractivity contribution in [3.63, 3.8) is 0 Å². The maximum Gasteiger partial charge on any atom is 0.229 e. The van der Waals surface area contributed by atoms with Crippen LogP contribution in [0.5, 0.6) is 0 Å². The summed E-state index contributed by atoms with van der Waals surface area (Å²) in [6.45, 7) is 1.97. The second kappa shape index (κ2) is 8.90. The fraction of sp³-hybridized carbons (Fsp3) is 0.273. The van der Waals surface area contributed by atoms with Crippen molar-refractivity contribution < 1.29 is 4.21 Å². The molecule has 1 aliphatic heterocycles. The van der Waals surface area contributed by atoms with Crippen molar-refractivity contribution in [1.82, 2.24) is 19.9 Å². The Morgan fingerprint density at radius 3 is 2.72 bits per heavy atom. The zero-order chi connectivity index (χ0) is 22.7. The Hall–Kier alpha value is -3.55. The second-order valence-electron chi connectivity index (χ2n) is 7.96. The Balaban J connectivity index is 1.59. The third-order valence-electron chi connectivity index (χ3n) is 4.90. The van der Waals surface area contributed by atoms with E-state index in [9.17, 15) is 9.47 Å². The summed E-state index contributed by atoms with van der Waals surface area (Å²) in [6.07, 6.45) is 7.16. The number of nitrogens with one attached hydrogen (secondary N) is 2. The smallest absolute Gasteiger partial charge is 0.229 e. The number of fused-ring (bicyclic) bond motifs is 1. The quantitative estimate of drug-likeness (QED) is 0.608. The molecule has 2 aromatic heterocycles. The molecular weight excluding hydrogens is 424 g/mol. The molecule has 0 radical (unpaired) electrons. The van der Waals surface area contributed by atoms with Gasteiger partial charge >= 0.3 is 0 Å². The summed E-state index contributed by atoms with van der Waals surface area (Å²) in [5.74, 6) is 1.07. The highest BCUT2D eigenvalue weighted by atomic mass is 32.2. The largest absolute Gasteiger partial charge is 0.339 e. The molecule has 10 heteroatoms. The highest BCUT2D eigenvalue weighted by Crippen LogP contribution is 2.26. The summed E-state index contributed by atoms with van der Waals surface area (Å²) in [6, 6.07) is 11.7. The Morgan fingerprint density at radius 1 is 1.12 bits per heavy atom. The van der Waals surface area contributed by atoms with Crippen LogP contribution in [0, 0.1) is 11.3 Å². The molecule has 0 saturated heterocycles. The third kappa shape index (κ3) is 5.38. The molecule has 0 bridgehead atoms. The van der Waals surface area contributed by atoms with E-state index in [4.69, 9.17) is 0 Å². The Bertz CT molecular complexity index is 1320. The molecule has 2 N–H and O–H groups in total. The van der Waals surface area contributed by atoms with Gasteiger partial charge in [-0.2, -0.15) is 14.6 Å². The van der Waals surface area contributed by atoms with E-state index in [1.807, 2.05) is 6.07 Å². The van der Waals surface area contributed by atoms with Crippen LogP contribution < -0.4 is 10.6 Å². The maximum absolute atomic E-state index is 12.0. The number of nitriles is 1. The molecule has 0 saturated carbocycles. The lowest BCUT2D eigenvalue weighted by molar-refractivity contribution is 0.313. The lowest BCUT2D eigenvalue weighted by atomic mass is 9.99. The van der Waals surface area contributed by atoms with Crippen molar-refractivity contribution in [2.24, 2.45) is 4.36 Å². The highest BCUT2D eigenvalue weighted by molar-refractivity contribution is 7.92. The van der Waals surface area contributed by atoms with Crippen LogP contribution >= 0.6 is 0 Å². The van der Waals surface area contributed by atoms with Crippen molar-refractivity contribution in [3.05, 3.63) is 59.4 Å². The summed E-state index contributed by atoms with van der Waals surface area (Å²) in [7, 11) is -0.224. The third-order valence-corrected chi connectivity index (χ3v) is 5.52. The first-order valence-electron chi connectivity index (χ1n) is 10.0. The zero-order valence-electron chi connectivity index (χ0n) is 18.2. The minimum absolute atomic E-state index is 0.299. The molecule has 0 atom stereocenters. The minimum atomic E-state index is -2.34. The van der Waals surface area contributed by atoms with E-state index in [1.54, 1.807) is 30.8 Å². The van der Waals surface area contributed by atoms with Crippen LogP contribution in [0.2, 0.25) is 0 Å². The van der Waals surface area contributed by atoms with E-state index >= 15 is 0 Å². The SMILES string of the molecule is CN1CCc2ccc(Nc3ncc(C#N)c(Nc4ccnc(N=S(C)(C)=O)c4)n3)cc2C1. The molecule has 9 nitrogen and oxygen atoms in total. The molecule has 0 amide bonds. The minimum Gasteiger partial charge on any atom is -0.339 e. The maximum atomic E-state index is 12.0. The lowest BCUT2D eigenvalue weighted by Gasteiger charge is -2.25. The fourth-order valence-electron chi connectivity index (χ4n) is 3.43. The predicted molar refractivity (Wildman–Crippen MR) is 126 cm³/mol. The van der Waals surface area contributed by atoms with Crippen LogP contribution in [0.1, 0.15) is 16.7 Å². The molecule has 32 heavy (non-hydrogen) atoms. The number of pyridine rings is 1. The second-order valence-corrected chi connectivity index (χ2v) is 10.5.